The third-order valence-electron chi connectivity index (χ3n) is 5.34. The molecule has 1 aliphatic rings. The van der Waals surface area contributed by atoms with Gasteiger partial charge in [-0.1, -0.05) is 54.1 Å². The second-order valence-electron chi connectivity index (χ2n) is 7.31. The summed E-state index contributed by atoms with van der Waals surface area (Å²) in [6.07, 6.45) is 0. The minimum Gasteiger partial charge on any atom is -0.379 e. The van der Waals surface area contributed by atoms with Crippen LogP contribution >= 0.6 is 24.0 Å². The second-order valence-corrected chi connectivity index (χ2v) is 7.31. The molecule has 1 atom stereocenters. The molecule has 1 unspecified atom stereocenters. The van der Waals surface area contributed by atoms with Crippen molar-refractivity contribution in [3.8, 4) is 0 Å². The van der Waals surface area contributed by atoms with Crippen molar-refractivity contribution >= 4 is 29.9 Å². The van der Waals surface area contributed by atoms with Gasteiger partial charge < -0.3 is 15.4 Å². The molecule has 2 N–H and O–H groups in total. The molecule has 0 spiro atoms. The van der Waals surface area contributed by atoms with Crippen LogP contribution in [0.5, 0.6) is 0 Å². The van der Waals surface area contributed by atoms with E-state index in [1.807, 2.05) is 7.05 Å². The van der Waals surface area contributed by atoms with Crippen LogP contribution in [0.25, 0.3) is 0 Å². The van der Waals surface area contributed by atoms with Gasteiger partial charge in [0.15, 0.2) is 5.96 Å². The number of ether oxygens (including phenoxy) is 1. The Morgan fingerprint density at radius 2 is 1.72 bits per heavy atom. The van der Waals surface area contributed by atoms with Crippen LogP contribution in [0.1, 0.15) is 28.3 Å². The van der Waals surface area contributed by atoms with Gasteiger partial charge in [-0.15, -0.1) is 24.0 Å². The zero-order chi connectivity index (χ0) is 19.8. The molecule has 0 amide bonds. The topological polar surface area (TPSA) is 48.9 Å². The van der Waals surface area contributed by atoms with Crippen molar-refractivity contribution in [1.82, 2.24) is 15.5 Å². The van der Waals surface area contributed by atoms with E-state index in [1.54, 1.807) is 0 Å². The zero-order valence-corrected chi connectivity index (χ0v) is 20.0. The van der Waals surface area contributed by atoms with Gasteiger partial charge in [-0.3, -0.25) is 9.89 Å². The van der Waals surface area contributed by atoms with Gasteiger partial charge in [0, 0.05) is 33.2 Å². The predicted molar refractivity (Wildman–Crippen MR) is 131 cm³/mol. The molecule has 2 aromatic rings. The first-order valence-electron chi connectivity index (χ1n) is 10.0. The summed E-state index contributed by atoms with van der Waals surface area (Å²) in [4.78, 5) is 6.90. The minimum atomic E-state index is 0. The molecule has 1 fully saturated rings. The Bertz CT molecular complexity index is 773. The highest BCUT2D eigenvalue weighted by molar-refractivity contribution is 14.0. The highest BCUT2D eigenvalue weighted by Crippen LogP contribution is 2.21. The van der Waals surface area contributed by atoms with Crippen LogP contribution in [0.3, 0.4) is 0 Å². The Kier molecular flexibility index (Phi) is 9.90. The fourth-order valence-corrected chi connectivity index (χ4v) is 3.54. The van der Waals surface area contributed by atoms with E-state index in [2.05, 4.69) is 82.9 Å². The molecule has 0 aliphatic carbocycles. The molecular weight excluding hydrogens is 475 g/mol. The number of nitrogens with zero attached hydrogens (tertiary/aromatic N) is 2. The van der Waals surface area contributed by atoms with E-state index in [9.17, 15) is 0 Å². The number of benzene rings is 2. The highest BCUT2D eigenvalue weighted by Gasteiger charge is 2.22. The highest BCUT2D eigenvalue weighted by atomic mass is 127. The van der Waals surface area contributed by atoms with Gasteiger partial charge in [-0.05, 0) is 30.5 Å². The standard InChI is InChI=1S/C23H32N4O.HI/c1-18-8-10-20(11-9-18)22(27-12-14-28-15-13-27)17-26-23(24-3)25-16-21-7-5-4-6-19(21)2;/h4-11,22H,12-17H2,1-3H3,(H2,24,25,26);1H. The van der Waals surface area contributed by atoms with Crippen molar-refractivity contribution in [2.24, 2.45) is 4.99 Å². The van der Waals surface area contributed by atoms with Crippen LogP contribution < -0.4 is 10.6 Å². The van der Waals surface area contributed by atoms with E-state index in [0.717, 1.165) is 45.4 Å². The number of halogens is 1. The number of hydrogen-bond acceptors (Lipinski definition) is 3. The van der Waals surface area contributed by atoms with Gasteiger partial charge in [0.2, 0.25) is 0 Å². The van der Waals surface area contributed by atoms with E-state index in [0.29, 0.717) is 6.04 Å². The van der Waals surface area contributed by atoms with Crippen LogP contribution in [0.4, 0.5) is 0 Å². The summed E-state index contributed by atoms with van der Waals surface area (Å²) in [7, 11) is 1.82. The molecule has 3 rings (SSSR count). The van der Waals surface area contributed by atoms with Gasteiger partial charge in [0.05, 0.1) is 19.3 Å². The summed E-state index contributed by atoms with van der Waals surface area (Å²) in [6, 6.07) is 17.6. The fraction of sp³-hybridized carbons (Fsp3) is 0.435. The number of nitrogens with one attached hydrogen (secondary N) is 2. The van der Waals surface area contributed by atoms with Crippen LogP contribution in [-0.4, -0.2) is 50.8 Å². The van der Waals surface area contributed by atoms with Crippen LogP contribution in [0, 0.1) is 13.8 Å². The maximum absolute atomic E-state index is 5.55. The lowest BCUT2D eigenvalue weighted by molar-refractivity contribution is 0.0170. The van der Waals surface area contributed by atoms with E-state index in [4.69, 9.17) is 4.74 Å². The van der Waals surface area contributed by atoms with Crippen molar-refractivity contribution in [2.45, 2.75) is 26.4 Å². The molecule has 0 bridgehead atoms. The van der Waals surface area contributed by atoms with Crippen molar-refractivity contribution in [3.63, 3.8) is 0 Å². The predicted octanol–water partition coefficient (Wildman–Crippen LogP) is 3.66. The third kappa shape index (κ3) is 6.97. The Balaban J connectivity index is 0.00000300. The van der Waals surface area contributed by atoms with Crippen LogP contribution in [0.2, 0.25) is 0 Å². The second kappa shape index (κ2) is 12.1. The van der Waals surface area contributed by atoms with Gasteiger partial charge in [-0.25, -0.2) is 0 Å². The Morgan fingerprint density at radius 1 is 1.03 bits per heavy atom. The number of rotatable bonds is 6. The van der Waals surface area contributed by atoms with E-state index >= 15 is 0 Å². The van der Waals surface area contributed by atoms with Crippen LogP contribution in [0.15, 0.2) is 53.5 Å². The lowest BCUT2D eigenvalue weighted by Gasteiger charge is -2.35. The zero-order valence-electron chi connectivity index (χ0n) is 17.6. The maximum atomic E-state index is 5.55. The monoisotopic (exact) mass is 508 g/mol. The molecular formula is C23H33IN4O. The first kappa shape index (κ1) is 23.6. The van der Waals surface area contributed by atoms with Crippen LogP contribution in [-0.2, 0) is 11.3 Å². The summed E-state index contributed by atoms with van der Waals surface area (Å²) in [5.41, 5.74) is 5.19. The number of guanidine groups is 1. The average molecular weight is 508 g/mol. The lowest BCUT2D eigenvalue weighted by Crippen LogP contribution is -2.46. The average Bonchev–Trinajstić information content (AvgIpc) is 2.73. The van der Waals surface area contributed by atoms with Gasteiger partial charge in [-0.2, -0.15) is 0 Å². The summed E-state index contributed by atoms with van der Waals surface area (Å²) in [5, 5.41) is 6.97. The third-order valence-corrected chi connectivity index (χ3v) is 5.34. The van der Waals surface area contributed by atoms with Crippen molar-refractivity contribution in [3.05, 3.63) is 70.8 Å². The normalized spacial score (nSPS) is 16.0. The number of morpholine rings is 1. The first-order chi connectivity index (χ1) is 13.7. The largest absolute Gasteiger partial charge is 0.379 e. The molecule has 2 aromatic carbocycles. The van der Waals surface area contributed by atoms with Gasteiger partial charge in [0.1, 0.15) is 0 Å². The molecule has 1 saturated heterocycles. The fourth-order valence-electron chi connectivity index (χ4n) is 3.54. The SMILES string of the molecule is CN=C(NCc1ccccc1C)NCC(c1ccc(C)cc1)N1CCOCC1.I. The molecule has 1 aliphatic heterocycles. The Hall–Kier alpha value is -1.64. The first-order valence-corrected chi connectivity index (χ1v) is 10.0. The molecule has 29 heavy (non-hydrogen) atoms. The molecule has 158 valence electrons. The molecule has 0 saturated carbocycles. The van der Waals surface area contributed by atoms with Crippen molar-refractivity contribution in [2.75, 3.05) is 39.9 Å². The lowest BCUT2D eigenvalue weighted by atomic mass is 10.0. The number of aryl methyl sites for hydroxylation is 2. The summed E-state index contributed by atoms with van der Waals surface area (Å²) in [5.74, 6) is 0.827. The summed E-state index contributed by atoms with van der Waals surface area (Å²) < 4.78 is 5.55. The Morgan fingerprint density at radius 3 is 2.38 bits per heavy atom. The molecule has 0 aromatic heterocycles. The Labute approximate surface area is 192 Å². The van der Waals surface area contributed by atoms with E-state index < -0.39 is 0 Å². The maximum Gasteiger partial charge on any atom is 0.191 e. The summed E-state index contributed by atoms with van der Waals surface area (Å²) in [6.45, 7) is 9.33. The van der Waals surface area contributed by atoms with Gasteiger partial charge in [0.25, 0.3) is 0 Å². The minimum absolute atomic E-state index is 0. The van der Waals surface area contributed by atoms with Crippen molar-refractivity contribution < 1.29 is 4.74 Å². The van der Waals surface area contributed by atoms with Crippen molar-refractivity contribution in [1.29, 1.82) is 0 Å². The molecule has 5 nitrogen and oxygen atoms in total. The molecule has 0 radical (unpaired) electrons. The quantitative estimate of drug-likeness (QED) is 0.356. The van der Waals surface area contributed by atoms with E-state index in [-0.39, 0.29) is 24.0 Å². The molecule has 6 heteroatoms. The number of aliphatic imine (C=N–C) groups is 1. The molecule has 1 heterocycles. The number of hydrogen-bond donors (Lipinski definition) is 2. The van der Waals surface area contributed by atoms with E-state index in [1.165, 1.54) is 22.3 Å². The smallest absolute Gasteiger partial charge is 0.191 e. The summed E-state index contributed by atoms with van der Waals surface area (Å²) >= 11 is 0. The van der Waals surface area contributed by atoms with Gasteiger partial charge >= 0.3 is 0 Å².